The van der Waals surface area contributed by atoms with Crippen LogP contribution in [-0.4, -0.2) is 0 Å². The van der Waals surface area contributed by atoms with Crippen molar-refractivity contribution in [1.29, 1.82) is 0 Å². The molecule has 0 spiro atoms. The van der Waals surface area contributed by atoms with E-state index in [9.17, 15) is 0 Å². The normalized spacial score (nSPS) is 15.6. The Morgan fingerprint density at radius 1 is 0.207 bits per heavy atom. The standard InChI is InChI=1S/C109H98O2/c1-11-13-15-17-19-29-51-109(52-30-20-18-16-14-12-2)95-63-87-93(107(7,8)97-59-83(71-31-21-23-35-81(71)103(87)97)69-43-47-75-73-45-39-65(53-89(73)105(3,4)91(75)55-69)67-41-49-79-77-33-25-27-37-99(77)110-101(79)57-67)61-85(95)86-62-94-88(64-96(86)109)104-82-36-24-22-32-72(82)84(60-98(104)108(94,9)10)70-44-48-76-74-46-40-66(54-90(74)106(5,6)92(76)56-70)68-42-50-80-78-34-26-28-38-100(78)111-102(80)58-68/h21-28,31-50,53-64H,11-20,29-30,51-52H2,1-10H3. The zero-order valence-electron chi connectivity index (χ0n) is 66.3. The average molecular weight is 1440 g/mol. The minimum atomic E-state index is -0.275. The highest BCUT2D eigenvalue weighted by molar-refractivity contribution is 6.13. The Morgan fingerprint density at radius 3 is 0.901 bits per heavy atom. The molecule has 0 saturated heterocycles. The first-order chi connectivity index (χ1) is 53.9. The van der Waals surface area contributed by atoms with Crippen LogP contribution in [-0.2, 0) is 27.1 Å². The topological polar surface area (TPSA) is 26.3 Å². The van der Waals surface area contributed by atoms with Gasteiger partial charge in [-0.2, -0.15) is 0 Å². The lowest BCUT2D eigenvalue weighted by molar-refractivity contribution is 0.398. The molecule has 14 aromatic carbocycles. The molecule has 0 bridgehead atoms. The molecule has 0 aliphatic heterocycles. The zero-order valence-corrected chi connectivity index (χ0v) is 66.3. The van der Waals surface area contributed by atoms with Crippen molar-refractivity contribution in [3.05, 3.63) is 298 Å². The number of para-hydroxylation sites is 2. The van der Waals surface area contributed by atoms with Gasteiger partial charge in [0.25, 0.3) is 0 Å². The number of rotatable bonds is 18. The summed E-state index contributed by atoms with van der Waals surface area (Å²) in [7, 11) is 0. The number of benzene rings is 14. The second-order valence-electron chi connectivity index (χ2n) is 35.9. The van der Waals surface area contributed by atoms with Crippen LogP contribution in [0.3, 0.4) is 0 Å². The first-order valence-electron chi connectivity index (χ1n) is 41.9. The van der Waals surface area contributed by atoms with E-state index in [1.165, 1.54) is 243 Å². The molecule has 0 amide bonds. The van der Waals surface area contributed by atoms with Crippen LogP contribution in [0.2, 0.25) is 0 Å². The van der Waals surface area contributed by atoms with E-state index in [-0.39, 0.29) is 27.1 Å². The van der Waals surface area contributed by atoms with Gasteiger partial charge in [-0.15, -0.1) is 0 Å². The summed E-state index contributed by atoms with van der Waals surface area (Å²) in [6, 6.07) is 94.6. The molecule has 546 valence electrons. The van der Waals surface area contributed by atoms with Gasteiger partial charge in [0.15, 0.2) is 0 Å². The molecule has 5 aliphatic rings. The fourth-order valence-corrected chi connectivity index (χ4v) is 22.2. The molecule has 21 rings (SSSR count). The molecular formula is C109H98O2. The number of fused-ring (bicyclic) bond motifs is 25. The van der Waals surface area contributed by atoms with Crippen molar-refractivity contribution in [1.82, 2.24) is 0 Å². The van der Waals surface area contributed by atoms with Crippen molar-refractivity contribution in [2.24, 2.45) is 0 Å². The Kier molecular flexibility index (Phi) is 15.4. The van der Waals surface area contributed by atoms with E-state index in [4.69, 9.17) is 8.83 Å². The molecule has 2 heterocycles. The Morgan fingerprint density at radius 2 is 0.495 bits per heavy atom. The lowest BCUT2D eigenvalue weighted by Crippen LogP contribution is -2.26. The molecule has 0 atom stereocenters. The molecule has 0 N–H and O–H groups in total. The smallest absolute Gasteiger partial charge is 0.136 e. The molecule has 0 fully saturated rings. The van der Waals surface area contributed by atoms with E-state index in [1.807, 2.05) is 0 Å². The van der Waals surface area contributed by atoms with Crippen LogP contribution >= 0.6 is 0 Å². The Balaban J connectivity index is 0.670. The molecule has 0 saturated carbocycles. The summed E-state index contributed by atoms with van der Waals surface area (Å²) in [6.07, 6.45) is 17.7. The molecule has 5 aliphatic carbocycles. The van der Waals surface area contributed by atoms with Gasteiger partial charge in [0.05, 0.1) is 0 Å². The Hall–Kier alpha value is -10.8. The van der Waals surface area contributed by atoms with E-state index < -0.39 is 0 Å². The van der Waals surface area contributed by atoms with E-state index in [1.54, 1.807) is 11.1 Å². The number of unbranched alkanes of at least 4 members (excludes halogenated alkanes) is 10. The van der Waals surface area contributed by atoms with Gasteiger partial charge in [-0.25, -0.2) is 0 Å². The van der Waals surface area contributed by atoms with Crippen LogP contribution in [0.15, 0.2) is 251 Å². The second-order valence-corrected chi connectivity index (χ2v) is 35.9. The molecular weight excluding hydrogens is 1340 g/mol. The van der Waals surface area contributed by atoms with Gasteiger partial charge in [-0.3, -0.25) is 0 Å². The van der Waals surface area contributed by atoms with Crippen molar-refractivity contribution in [2.45, 2.75) is 186 Å². The Labute approximate surface area is 654 Å². The van der Waals surface area contributed by atoms with Gasteiger partial charge in [-0.1, -0.05) is 292 Å². The highest BCUT2D eigenvalue weighted by atomic mass is 16.3. The van der Waals surface area contributed by atoms with Crippen molar-refractivity contribution < 1.29 is 8.83 Å². The van der Waals surface area contributed by atoms with Crippen LogP contribution < -0.4 is 0 Å². The number of furan rings is 2. The fourth-order valence-electron chi connectivity index (χ4n) is 22.2. The summed E-state index contributed by atoms with van der Waals surface area (Å²) >= 11 is 0. The average Bonchev–Trinajstić information content (AvgIpc) is 1.51. The van der Waals surface area contributed by atoms with Gasteiger partial charge >= 0.3 is 0 Å². The highest BCUT2D eigenvalue weighted by Crippen LogP contribution is 2.65. The van der Waals surface area contributed by atoms with Crippen molar-refractivity contribution in [2.75, 3.05) is 0 Å². The van der Waals surface area contributed by atoms with Crippen molar-refractivity contribution in [3.63, 3.8) is 0 Å². The number of hydrogen-bond donors (Lipinski definition) is 0. The predicted octanol–water partition coefficient (Wildman–Crippen LogP) is 31.5. The van der Waals surface area contributed by atoms with Gasteiger partial charge in [0, 0.05) is 48.6 Å². The molecule has 2 nitrogen and oxygen atoms in total. The first kappa shape index (κ1) is 68.2. The molecule has 2 heteroatoms. The third-order valence-electron chi connectivity index (χ3n) is 28.3. The molecule has 0 radical (unpaired) electrons. The maximum Gasteiger partial charge on any atom is 0.136 e. The highest BCUT2D eigenvalue weighted by Gasteiger charge is 2.49. The summed E-state index contributed by atoms with van der Waals surface area (Å²) in [5.74, 6) is 0. The predicted molar refractivity (Wildman–Crippen MR) is 470 cm³/mol. The fraction of sp³-hybridized carbons (Fsp3) is 0.266. The van der Waals surface area contributed by atoms with E-state index >= 15 is 0 Å². The van der Waals surface area contributed by atoms with Crippen molar-refractivity contribution >= 4 is 65.4 Å². The quantitative estimate of drug-likeness (QED) is 0.0801. The zero-order chi connectivity index (χ0) is 75.2. The second kappa shape index (κ2) is 25.1. The molecule has 2 aromatic heterocycles. The van der Waals surface area contributed by atoms with Crippen LogP contribution in [0.4, 0.5) is 0 Å². The van der Waals surface area contributed by atoms with Gasteiger partial charge < -0.3 is 8.83 Å². The largest absolute Gasteiger partial charge is 0.456 e. The van der Waals surface area contributed by atoms with Crippen molar-refractivity contribution in [3.8, 4) is 100 Å². The third-order valence-corrected chi connectivity index (χ3v) is 28.3. The molecule has 0 unspecified atom stereocenters. The minimum Gasteiger partial charge on any atom is -0.456 e. The molecule has 111 heavy (non-hydrogen) atoms. The van der Waals surface area contributed by atoms with E-state index in [2.05, 4.69) is 312 Å². The summed E-state index contributed by atoms with van der Waals surface area (Å²) in [5.41, 5.74) is 41.1. The number of hydrogen-bond acceptors (Lipinski definition) is 2. The monoisotopic (exact) mass is 1440 g/mol. The van der Waals surface area contributed by atoms with Crippen LogP contribution in [0.5, 0.6) is 0 Å². The SMILES string of the molecule is CCCCCCCCC1(CCCCCCCC)c2cc3c(cc2-c2cc4c(cc21)-c1c(cc(-c2ccc5c(c2)C(C)(C)c2cc(-c6ccc7c(c6)oc6ccccc67)ccc2-5)c2ccccc12)C4(C)C)C(C)(C)c1cc(-c2ccc4c(c2)C(C)(C)c2cc(-c5ccc6c(c5)oc5ccccc56)ccc2-4)c2ccccc2c1-3. The third kappa shape index (κ3) is 10.1. The van der Waals surface area contributed by atoms with E-state index in [0.717, 1.165) is 56.7 Å². The lowest BCUT2D eigenvalue weighted by Gasteiger charge is -2.34. The summed E-state index contributed by atoms with van der Waals surface area (Å²) in [4.78, 5) is 0. The van der Waals surface area contributed by atoms with Gasteiger partial charge in [-0.05, 0) is 287 Å². The summed E-state index contributed by atoms with van der Waals surface area (Å²) in [6.45, 7) is 24.6. The maximum absolute atomic E-state index is 6.42. The van der Waals surface area contributed by atoms with Crippen LogP contribution in [0, 0.1) is 0 Å². The van der Waals surface area contributed by atoms with Gasteiger partial charge in [0.2, 0.25) is 0 Å². The Bertz CT molecular complexity index is 6220. The summed E-state index contributed by atoms with van der Waals surface area (Å²) in [5, 5.41) is 10.0. The van der Waals surface area contributed by atoms with E-state index in [0.29, 0.717) is 0 Å². The van der Waals surface area contributed by atoms with Crippen LogP contribution in [0.25, 0.3) is 166 Å². The first-order valence-corrected chi connectivity index (χ1v) is 41.9. The van der Waals surface area contributed by atoms with Crippen LogP contribution in [0.1, 0.15) is 215 Å². The lowest BCUT2D eigenvalue weighted by atomic mass is 9.69. The minimum absolute atomic E-state index is 0.148. The molecule has 16 aromatic rings. The maximum atomic E-state index is 6.42. The van der Waals surface area contributed by atoms with Gasteiger partial charge in [0.1, 0.15) is 22.3 Å². The summed E-state index contributed by atoms with van der Waals surface area (Å²) < 4.78 is 12.8.